The van der Waals surface area contributed by atoms with Gasteiger partial charge in [-0.2, -0.15) is 0 Å². The van der Waals surface area contributed by atoms with Crippen LogP contribution in [0.1, 0.15) is 0 Å². The summed E-state index contributed by atoms with van der Waals surface area (Å²) in [7, 11) is 0. The number of hydrogen-bond donors (Lipinski definition) is 0. The second kappa shape index (κ2) is 11.0. The van der Waals surface area contributed by atoms with Crippen LogP contribution < -0.4 is 0 Å². The van der Waals surface area contributed by atoms with Crippen LogP contribution >= 0.6 is 0 Å². The summed E-state index contributed by atoms with van der Waals surface area (Å²) in [6, 6.07) is 57.1. The molecule has 10 aromatic rings. The molecule has 4 heteroatoms. The van der Waals surface area contributed by atoms with Gasteiger partial charge in [0.25, 0.3) is 0 Å². The molecular formula is C45H27N3O. The number of fused-ring (bicyclic) bond motifs is 6. The summed E-state index contributed by atoms with van der Waals surface area (Å²) in [5, 5.41) is 9.23. The van der Waals surface area contributed by atoms with Crippen molar-refractivity contribution in [1.29, 1.82) is 0 Å². The molecule has 0 fully saturated rings. The Bertz CT molecular complexity index is 2890. The second-order valence-corrected chi connectivity index (χ2v) is 12.5. The maximum atomic E-state index is 6.28. The largest absolute Gasteiger partial charge is 0.456 e. The van der Waals surface area contributed by atoms with E-state index in [9.17, 15) is 0 Å². The highest BCUT2D eigenvalue weighted by Gasteiger charge is 2.16. The van der Waals surface area contributed by atoms with Gasteiger partial charge in [-0.05, 0) is 85.9 Å². The molecule has 4 nitrogen and oxygen atoms in total. The minimum atomic E-state index is 0.618. The first kappa shape index (κ1) is 27.5. The van der Waals surface area contributed by atoms with E-state index in [0.29, 0.717) is 17.5 Å². The average molecular weight is 626 g/mol. The highest BCUT2D eigenvalue weighted by Crippen LogP contribution is 2.36. The van der Waals surface area contributed by atoms with Crippen molar-refractivity contribution in [2.75, 3.05) is 0 Å². The van der Waals surface area contributed by atoms with Gasteiger partial charge in [-0.3, -0.25) is 0 Å². The predicted octanol–water partition coefficient (Wildman–Crippen LogP) is 11.9. The lowest BCUT2D eigenvalue weighted by Gasteiger charge is -2.11. The predicted molar refractivity (Wildman–Crippen MR) is 201 cm³/mol. The van der Waals surface area contributed by atoms with E-state index in [1.54, 1.807) is 0 Å². The fraction of sp³-hybridized carbons (Fsp3) is 0. The van der Waals surface area contributed by atoms with Crippen molar-refractivity contribution in [3.05, 3.63) is 164 Å². The summed E-state index contributed by atoms with van der Waals surface area (Å²) in [5.41, 5.74) is 6.91. The molecule has 2 heterocycles. The van der Waals surface area contributed by atoms with E-state index in [0.717, 1.165) is 54.8 Å². The summed E-state index contributed by atoms with van der Waals surface area (Å²) in [4.78, 5) is 15.1. The molecule has 0 atom stereocenters. The molecule has 8 aromatic carbocycles. The molecule has 0 saturated heterocycles. The van der Waals surface area contributed by atoms with Crippen LogP contribution in [0.2, 0.25) is 0 Å². The van der Waals surface area contributed by atoms with Gasteiger partial charge in [-0.15, -0.1) is 0 Å². The van der Waals surface area contributed by atoms with Gasteiger partial charge >= 0.3 is 0 Å². The first-order valence-corrected chi connectivity index (χ1v) is 16.4. The van der Waals surface area contributed by atoms with Crippen molar-refractivity contribution >= 4 is 54.3 Å². The molecule has 49 heavy (non-hydrogen) atoms. The quantitative estimate of drug-likeness (QED) is 0.195. The molecular weight excluding hydrogens is 599 g/mol. The van der Waals surface area contributed by atoms with Crippen LogP contribution in [-0.2, 0) is 0 Å². The van der Waals surface area contributed by atoms with E-state index in [2.05, 4.69) is 121 Å². The summed E-state index contributed by atoms with van der Waals surface area (Å²) in [6.07, 6.45) is 0. The van der Waals surface area contributed by atoms with Crippen molar-refractivity contribution in [2.45, 2.75) is 0 Å². The summed E-state index contributed by atoms with van der Waals surface area (Å²) in [6.45, 7) is 0. The smallest absolute Gasteiger partial charge is 0.164 e. The first-order chi connectivity index (χ1) is 24.2. The summed E-state index contributed by atoms with van der Waals surface area (Å²) >= 11 is 0. The monoisotopic (exact) mass is 625 g/mol. The number of hydrogen-bond acceptors (Lipinski definition) is 4. The van der Waals surface area contributed by atoms with Crippen LogP contribution in [-0.4, -0.2) is 15.0 Å². The Morgan fingerprint density at radius 2 is 0.857 bits per heavy atom. The highest BCUT2D eigenvalue weighted by molar-refractivity contribution is 6.11. The molecule has 0 radical (unpaired) electrons. The molecule has 10 rings (SSSR count). The molecule has 0 N–H and O–H groups in total. The zero-order valence-corrected chi connectivity index (χ0v) is 26.3. The van der Waals surface area contributed by atoms with Gasteiger partial charge in [-0.1, -0.05) is 121 Å². The van der Waals surface area contributed by atoms with Gasteiger partial charge in [-0.25, -0.2) is 15.0 Å². The average Bonchev–Trinajstić information content (AvgIpc) is 3.53. The molecule has 0 amide bonds. The van der Waals surface area contributed by atoms with E-state index in [1.165, 1.54) is 27.3 Å². The fourth-order valence-electron chi connectivity index (χ4n) is 6.98. The standard InChI is InChI=1S/C45H27N3O/c1-2-10-29(11-3-1)43-46-44(35-20-18-32-23-34(19-17-33(32)24-35)38-16-8-14-28-9-6-7-15-37(28)38)48-45(47-43)36-21-22-41-39(26-36)40-25-30-12-4-5-13-31(30)27-42(40)49-41/h1-27H. The van der Waals surface area contributed by atoms with E-state index < -0.39 is 0 Å². The van der Waals surface area contributed by atoms with Gasteiger partial charge in [0, 0.05) is 27.5 Å². The lowest BCUT2D eigenvalue weighted by Crippen LogP contribution is -2.00. The van der Waals surface area contributed by atoms with Crippen molar-refractivity contribution < 1.29 is 4.42 Å². The van der Waals surface area contributed by atoms with Crippen molar-refractivity contribution in [3.63, 3.8) is 0 Å². The normalized spacial score (nSPS) is 11.7. The van der Waals surface area contributed by atoms with Crippen LogP contribution in [0.25, 0.3) is 99.5 Å². The Morgan fingerprint density at radius 3 is 1.65 bits per heavy atom. The van der Waals surface area contributed by atoms with Gasteiger partial charge < -0.3 is 4.42 Å². The molecule has 0 spiro atoms. The molecule has 2 aromatic heterocycles. The van der Waals surface area contributed by atoms with Gasteiger partial charge in [0.05, 0.1) is 0 Å². The third-order valence-corrected chi connectivity index (χ3v) is 9.46. The third kappa shape index (κ3) is 4.73. The Labute approximate surface area is 282 Å². The van der Waals surface area contributed by atoms with Gasteiger partial charge in [0.15, 0.2) is 17.5 Å². The molecule has 0 unspecified atom stereocenters. The minimum absolute atomic E-state index is 0.618. The third-order valence-electron chi connectivity index (χ3n) is 9.46. The van der Waals surface area contributed by atoms with Crippen LogP contribution in [0.3, 0.4) is 0 Å². The molecule has 0 bridgehead atoms. The van der Waals surface area contributed by atoms with E-state index in [-0.39, 0.29) is 0 Å². The number of furan rings is 1. The first-order valence-electron chi connectivity index (χ1n) is 16.4. The maximum absolute atomic E-state index is 6.28. The summed E-state index contributed by atoms with van der Waals surface area (Å²) in [5.74, 6) is 1.88. The fourth-order valence-corrected chi connectivity index (χ4v) is 6.98. The van der Waals surface area contributed by atoms with Crippen molar-refractivity contribution in [2.24, 2.45) is 0 Å². The molecule has 0 aliphatic rings. The Morgan fingerprint density at radius 1 is 0.306 bits per heavy atom. The zero-order valence-electron chi connectivity index (χ0n) is 26.3. The lowest BCUT2D eigenvalue weighted by atomic mass is 9.96. The van der Waals surface area contributed by atoms with Crippen LogP contribution in [0.5, 0.6) is 0 Å². The minimum Gasteiger partial charge on any atom is -0.456 e. The van der Waals surface area contributed by atoms with Gasteiger partial charge in [0.2, 0.25) is 0 Å². The van der Waals surface area contributed by atoms with Crippen LogP contribution in [0.15, 0.2) is 168 Å². The Kier molecular flexibility index (Phi) is 6.15. The van der Waals surface area contributed by atoms with E-state index in [4.69, 9.17) is 19.4 Å². The molecule has 0 saturated carbocycles. The topological polar surface area (TPSA) is 51.8 Å². The molecule has 0 aliphatic carbocycles. The Balaban J connectivity index is 1.10. The number of aromatic nitrogens is 3. The SMILES string of the molecule is c1ccc(-c2nc(-c3ccc4cc(-c5cccc6ccccc56)ccc4c3)nc(-c3ccc4oc5cc6ccccc6cc5c4c3)n2)cc1. The zero-order chi connectivity index (χ0) is 32.3. The summed E-state index contributed by atoms with van der Waals surface area (Å²) < 4.78 is 6.28. The van der Waals surface area contributed by atoms with Crippen LogP contribution in [0, 0.1) is 0 Å². The van der Waals surface area contributed by atoms with E-state index in [1.807, 2.05) is 42.5 Å². The van der Waals surface area contributed by atoms with Gasteiger partial charge in [0.1, 0.15) is 11.2 Å². The lowest BCUT2D eigenvalue weighted by molar-refractivity contribution is 0.669. The van der Waals surface area contributed by atoms with Crippen molar-refractivity contribution in [3.8, 4) is 45.3 Å². The molecule has 228 valence electrons. The van der Waals surface area contributed by atoms with Crippen molar-refractivity contribution in [1.82, 2.24) is 15.0 Å². The number of benzene rings is 8. The number of nitrogens with zero attached hydrogens (tertiary/aromatic N) is 3. The van der Waals surface area contributed by atoms with Crippen LogP contribution in [0.4, 0.5) is 0 Å². The Hall–Kier alpha value is -6.65. The second-order valence-electron chi connectivity index (χ2n) is 12.5. The number of rotatable bonds is 4. The van der Waals surface area contributed by atoms with E-state index >= 15 is 0 Å². The maximum Gasteiger partial charge on any atom is 0.164 e. The molecule has 0 aliphatic heterocycles. The highest BCUT2D eigenvalue weighted by atomic mass is 16.3.